The van der Waals surface area contributed by atoms with Crippen LogP contribution in [0.1, 0.15) is 81.5 Å². The molecule has 0 atom stereocenters. The molecule has 1 aliphatic carbocycles. The van der Waals surface area contributed by atoms with Crippen LogP contribution in [-0.4, -0.2) is 0 Å². The monoisotopic (exact) mass is 528 g/mol. The zero-order valence-corrected chi connectivity index (χ0v) is 25.2. The van der Waals surface area contributed by atoms with E-state index in [-0.39, 0.29) is 0 Å². The molecule has 7 rings (SSSR count). The van der Waals surface area contributed by atoms with Crippen LogP contribution in [0, 0.1) is 25.2 Å². The average molecular weight is 529 g/mol. The Bertz CT molecular complexity index is 1830. The maximum absolute atomic E-state index is 7.06. The van der Waals surface area contributed by atoms with Crippen molar-refractivity contribution >= 4 is 32.3 Å². The predicted octanol–water partition coefficient (Wildman–Crippen LogP) is 10.2. The van der Waals surface area contributed by atoms with Crippen molar-refractivity contribution in [2.45, 2.75) is 79.6 Å². The molecule has 1 aliphatic heterocycles. The van der Waals surface area contributed by atoms with Gasteiger partial charge in [-0.25, -0.2) is 4.57 Å². The number of aryl methyl sites for hydroxylation is 3. The fourth-order valence-electron chi connectivity index (χ4n) is 7.58. The molecule has 0 unspecified atom stereocenters. The minimum atomic E-state index is 0.482. The third-order valence-corrected chi connectivity index (χ3v) is 9.87. The lowest BCUT2D eigenvalue weighted by atomic mass is 9.71. The first kappa shape index (κ1) is 25.6. The number of fused-ring (bicyclic) bond motifs is 5. The summed E-state index contributed by atoms with van der Waals surface area (Å²) in [5.41, 5.74) is 8.46. The minimum Gasteiger partial charge on any atom is -0.455 e. The van der Waals surface area contributed by atoms with Gasteiger partial charge >= 0.3 is 0 Å². The van der Waals surface area contributed by atoms with E-state index in [1.807, 2.05) is 0 Å². The summed E-state index contributed by atoms with van der Waals surface area (Å²) in [5.74, 6) is 3.25. The van der Waals surface area contributed by atoms with E-state index in [0.717, 1.165) is 17.9 Å². The maximum Gasteiger partial charge on any atom is 0.228 e. The summed E-state index contributed by atoms with van der Waals surface area (Å²) in [6.45, 7) is 13.9. The van der Waals surface area contributed by atoms with E-state index in [9.17, 15) is 0 Å². The van der Waals surface area contributed by atoms with Crippen LogP contribution in [0.15, 0.2) is 54.7 Å². The van der Waals surface area contributed by atoms with Gasteiger partial charge in [-0.05, 0) is 102 Å². The maximum atomic E-state index is 7.06. The number of hydrogen-bond donors (Lipinski definition) is 0. The minimum absolute atomic E-state index is 0.482. The number of ether oxygens (including phenoxy) is 1. The van der Waals surface area contributed by atoms with Gasteiger partial charge in [-0.1, -0.05) is 69.7 Å². The normalized spacial score (nSPS) is 16.6. The highest BCUT2D eigenvalue weighted by molar-refractivity contribution is 6.16. The lowest BCUT2D eigenvalue weighted by molar-refractivity contribution is -0.659. The first-order chi connectivity index (χ1) is 19.1. The van der Waals surface area contributed by atoms with Gasteiger partial charge < -0.3 is 4.74 Å². The third kappa shape index (κ3) is 3.94. The molecule has 2 heterocycles. The molecule has 2 nitrogen and oxygen atoms in total. The average Bonchev–Trinajstić information content (AvgIpc) is 2.91. The van der Waals surface area contributed by atoms with Crippen LogP contribution in [-0.2, 0) is 13.5 Å². The Morgan fingerprint density at radius 1 is 0.900 bits per heavy atom. The Labute approximate surface area is 239 Å². The number of pyridine rings is 1. The van der Waals surface area contributed by atoms with E-state index in [0.29, 0.717) is 17.3 Å². The second-order valence-electron chi connectivity index (χ2n) is 13.9. The number of benzene rings is 4. The van der Waals surface area contributed by atoms with Crippen molar-refractivity contribution in [3.05, 3.63) is 77.0 Å². The molecular formula is C38H42NO+. The smallest absolute Gasteiger partial charge is 0.228 e. The van der Waals surface area contributed by atoms with E-state index in [1.165, 1.54) is 91.5 Å². The van der Waals surface area contributed by atoms with E-state index < -0.39 is 0 Å². The molecule has 204 valence electrons. The Kier molecular flexibility index (Phi) is 5.79. The summed E-state index contributed by atoms with van der Waals surface area (Å²) < 4.78 is 9.37. The van der Waals surface area contributed by atoms with Crippen molar-refractivity contribution in [2.24, 2.45) is 18.4 Å². The van der Waals surface area contributed by atoms with E-state index in [4.69, 9.17) is 4.74 Å². The quantitative estimate of drug-likeness (QED) is 0.164. The van der Waals surface area contributed by atoms with Crippen molar-refractivity contribution in [3.63, 3.8) is 0 Å². The molecule has 1 saturated carbocycles. The van der Waals surface area contributed by atoms with E-state index >= 15 is 0 Å². The number of hydrogen-bond acceptors (Lipinski definition) is 1. The highest BCUT2D eigenvalue weighted by Gasteiger charge is 2.34. The molecule has 0 N–H and O–H groups in total. The predicted molar refractivity (Wildman–Crippen MR) is 169 cm³/mol. The summed E-state index contributed by atoms with van der Waals surface area (Å²) in [7, 11) is 2.19. The summed E-state index contributed by atoms with van der Waals surface area (Å²) in [5, 5.41) is 7.83. The molecule has 0 saturated heterocycles. The molecule has 2 aliphatic rings. The van der Waals surface area contributed by atoms with Gasteiger partial charge in [0.1, 0.15) is 18.5 Å². The van der Waals surface area contributed by atoms with Gasteiger partial charge in [0.05, 0.1) is 10.9 Å². The standard InChI is InChI=1S/C38H42NO/c1-22(2)18-32-29-10-8-23(3)19-31(29)24(4)34-36-35-30(14-17-39(36)7)28-11-9-26(25-12-15-38(5,6)16-13-25)20-27(28)21-33(35)40-37(32)34/h8-11,14,17,19-22,25H,12-13,15-16,18H2,1-7H3/q+1. The lowest BCUT2D eigenvalue weighted by Gasteiger charge is -2.34. The van der Waals surface area contributed by atoms with Crippen molar-refractivity contribution in [1.29, 1.82) is 0 Å². The van der Waals surface area contributed by atoms with Crippen LogP contribution in [0.25, 0.3) is 43.6 Å². The molecule has 1 aromatic heterocycles. The molecule has 5 aromatic rings. The molecule has 1 fully saturated rings. The van der Waals surface area contributed by atoms with Crippen LogP contribution < -0.4 is 9.30 Å². The topological polar surface area (TPSA) is 13.1 Å². The van der Waals surface area contributed by atoms with E-state index in [2.05, 4.69) is 108 Å². The highest BCUT2D eigenvalue weighted by Crippen LogP contribution is 2.52. The second-order valence-corrected chi connectivity index (χ2v) is 13.9. The fraction of sp³-hybridized carbons (Fsp3) is 0.395. The van der Waals surface area contributed by atoms with Crippen molar-refractivity contribution < 1.29 is 9.30 Å². The lowest BCUT2D eigenvalue weighted by Crippen LogP contribution is -2.32. The van der Waals surface area contributed by atoms with E-state index in [1.54, 1.807) is 0 Å². The Morgan fingerprint density at radius 2 is 1.65 bits per heavy atom. The van der Waals surface area contributed by atoms with Crippen molar-refractivity contribution in [1.82, 2.24) is 0 Å². The summed E-state index contributed by atoms with van der Waals surface area (Å²) in [6.07, 6.45) is 8.43. The molecule has 0 radical (unpaired) electrons. The van der Waals surface area contributed by atoms with Gasteiger partial charge in [-0.15, -0.1) is 0 Å². The summed E-state index contributed by atoms with van der Waals surface area (Å²) in [6, 6.07) is 18.8. The zero-order valence-electron chi connectivity index (χ0n) is 25.2. The molecule has 4 aromatic carbocycles. The van der Waals surface area contributed by atoms with Gasteiger partial charge in [0, 0.05) is 17.0 Å². The van der Waals surface area contributed by atoms with Gasteiger partial charge in [-0.3, -0.25) is 0 Å². The van der Waals surface area contributed by atoms with Gasteiger partial charge in [0.15, 0.2) is 6.20 Å². The highest BCUT2D eigenvalue weighted by atomic mass is 16.5. The molecule has 40 heavy (non-hydrogen) atoms. The first-order valence-electron chi connectivity index (χ1n) is 15.2. The third-order valence-electron chi connectivity index (χ3n) is 9.87. The van der Waals surface area contributed by atoms with Crippen LogP contribution in [0.4, 0.5) is 0 Å². The van der Waals surface area contributed by atoms with Crippen LogP contribution >= 0.6 is 0 Å². The largest absolute Gasteiger partial charge is 0.455 e. The van der Waals surface area contributed by atoms with Gasteiger partial charge in [-0.2, -0.15) is 0 Å². The van der Waals surface area contributed by atoms with Crippen LogP contribution in [0.5, 0.6) is 11.5 Å². The molecular weight excluding hydrogens is 486 g/mol. The number of aromatic nitrogens is 1. The Hall–Kier alpha value is -3.39. The zero-order chi connectivity index (χ0) is 27.9. The SMILES string of the molecule is Cc1ccc2c(CC(C)C)c3c(c(C)c2c1)-c1c2c(cc4cc(C5CCC(C)(C)CC5)ccc4c2cc[n+]1C)O3. The Morgan fingerprint density at radius 3 is 2.40 bits per heavy atom. The van der Waals surface area contributed by atoms with Gasteiger partial charge in [0.2, 0.25) is 5.69 Å². The fourth-order valence-corrected chi connectivity index (χ4v) is 7.58. The number of rotatable bonds is 3. The first-order valence-corrected chi connectivity index (χ1v) is 15.2. The summed E-state index contributed by atoms with van der Waals surface area (Å²) >= 11 is 0. The van der Waals surface area contributed by atoms with Crippen LogP contribution in [0.2, 0.25) is 0 Å². The number of nitrogens with zero attached hydrogens (tertiary/aromatic N) is 1. The van der Waals surface area contributed by atoms with Crippen molar-refractivity contribution in [3.8, 4) is 22.8 Å². The Balaban J connectivity index is 1.49. The second kappa shape index (κ2) is 9.06. The van der Waals surface area contributed by atoms with Crippen LogP contribution in [0.3, 0.4) is 0 Å². The van der Waals surface area contributed by atoms with Crippen molar-refractivity contribution in [2.75, 3.05) is 0 Å². The van der Waals surface area contributed by atoms with Gasteiger partial charge in [0.25, 0.3) is 0 Å². The summed E-state index contributed by atoms with van der Waals surface area (Å²) in [4.78, 5) is 0. The molecule has 0 bridgehead atoms. The molecule has 2 heteroatoms. The molecule has 0 spiro atoms. The molecule has 0 amide bonds.